The average molecular weight is 360 g/mol. The Bertz CT molecular complexity index is 998. The summed E-state index contributed by atoms with van der Waals surface area (Å²) < 4.78 is 7.85. The lowest BCUT2D eigenvalue weighted by Gasteiger charge is -2.11. The zero-order valence-corrected chi connectivity index (χ0v) is 15.1. The van der Waals surface area contributed by atoms with Gasteiger partial charge in [-0.05, 0) is 49.6 Å². The number of aryl methyl sites for hydroxylation is 1. The number of ether oxygens (including phenoxy) is 1. The Morgan fingerprint density at radius 3 is 2.70 bits per heavy atom. The lowest BCUT2D eigenvalue weighted by atomic mass is 10.1. The third kappa shape index (κ3) is 3.66. The number of nitriles is 1. The minimum atomic E-state index is 0.512. The maximum absolute atomic E-state index is 9.26. The van der Waals surface area contributed by atoms with Gasteiger partial charge in [-0.1, -0.05) is 0 Å². The van der Waals surface area contributed by atoms with Crippen LogP contribution in [-0.4, -0.2) is 26.3 Å². The van der Waals surface area contributed by atoms with E-state index in [9.17, 15) is 5.26 Å². The van der Waals surface area contributed by atoms with E-state index in [1.807, 2.05) is 19.2 Å². The molecule has 2 aromatic heterocycles. The number of hydrogen-bond donors (Lipinski definition) is 1. The summed E-state index contributed by atoms with van der Waals surface area (Å²) in [5.74, 6) is 2.25. The van der Waals surface area contributed by atoms with Crippen LogP contribution in [0.5, 0.6) is 11.6 Å². The van der Waals surface area contributed by atoms with Crippen molar-refractivity contribution in [3.8, 4) is 29.1 Å². The predicted molar refractivity (Wildman–Crippen MR) is 100 cm³/mol. The van der Waals surface area contributed by atoms with Gasteiger partial charge in [0.2, 0.25) is 5.88 Å². The highest BCUT2D eigenvalue weighted by Gasteiger charge is 2.27. The van der Waals surface area contributed by atoms with E-state index in [0.29, 0.717) is 35.5 Å². The Labute approximate surface area is 157 Å². The molecule has 0 saturated heterocycles. The van der Waals surface area contributed by atoms with Crippen LogP contribution < -0.4 is 10.5 Å². The third-order valence-corrected chi connectivity index (χ3v) is 4.56. The van der Waals surface area contributed by atoms with Gasteiger partial charge >= 0.3 is 0 Å². The van der Waals surface area contributed by atoms with Crippen LogP contribution in [0.2, 0.25) is 0 Å². The van der Waals surface area contributed by atoms with Crippen molar-refractivity contribution in [2.24, 2.45) is 12.8 Å². The van der Waals surface area contributed by atoms with Gasteiger partial charge in [0.15, 0.2) is 5.82 Å². The molecule has 0 aliphatic heterocycles. The van der Waals surface area contributed by atoms with Crippen molar-refractivity contribution in [1.29, 1.82) is 5.26 Å². The highest BCUT2D eigenvalue weighted by Crippen LogP contribution is 2.41. The van der Waals surface area contributed by atoms with E-state index < -0.39 is 0 Å². The molecule has 4 rings (SSSR count). The molecule has 1 aliphatic rings. The molecule has 7 heteroatoms. The summed E-state index contributed by atoms with van der Waals surface area (Å²) in [5.41, 5.74) is 8.85. The fourth-order valence-electron chi connectivity index (χ4n) is 2.91. The molecule has 2 N–H and O–H groups in total. The van der Waals surface area contributed by atoms with Crippen molar-refractivity contribution in [3.05, 3.63) is 53.5 Å². The Morgan fingerprint density at radius 2 is 2.04 bits per heavy atom. The van der Waals surface area contributed by atoms with Gasteiger partial charge in [-0.15, -0.1) is 0 Å². The van der Waals surface area contributed by atoms with Crippen LogP contribution in [0.1, 0.15) is 35.6 Å². The molecule has 0 atom stereocenters. The van der Waals surface area contributed by atoms with Crippen LogP contribution in [-0.2, 0) is 13.5 Å². The molecule has 2 heterocycles. The Balaban J connectivity index is 1.69. The monoisotopic (exact) mass is 360 g/mol. The molecule has 7 nitrogen and oxygen atoms in total. The predicted octanol–water partition coefficient (Wildman–Crippen LogP) is 2.92. The average Bonchev–Trinajstić information content (AvgIpc) is 3.47. The Kier molecular flexibility index (Phi) is 4.57. The molecule has 136 valence electrons. The number of nitrogens with zero attached hydrogens (tertiary/aromatic N) is 5. The molecule has 0 unspecified atom stereocenters. The van der Waals surface area contributed by atoms with Crippen molar-refractivity contribution in [3.63, 3.8) is 0 Å². The molecule has 0 amide bonds. The third-order valence-electron chi connectivity index (χ3n) is 4.56. The second-order valence-corrected chi connectivity index (χ2v) is 6.68. The lowest BCUT2D eigenvalue weighted by Crippen LogP contribution is -2.04. The number of aromatic nitrogens is 4. The van der Waals surface area contributed by atoms with Crippen LogP contribution in [0, 0.1) is 11.3 Å². The van der Waals surface area contributed by atoms with E-state index in [-0.39, 0.29) is 0 Å². The number of nitrogens with two attached hydrogens (primary N) is 1. The SMILES string of the molecule is Cn1nc(C2CC2)cc1Oc1cc(C#N)ccc1-c1ncc(CCN)cn1. The second kappa shape index (κ2) is 7.17. The van der Waals surface area contributed by atoms with Gasteiger partial charge in [-0.3, -0.25) is 0 Å². The molecular formula is C20H20N6O. The van der Waals surface area contributed by atoms with Crippen molar-refractivity contribution >= 4 is 0 Å². The zero-order valence-electron chi connectivity index (χ0n) is 15.1. The molecule has 3 aromatic rings. The van der Waals surface area contributed by atoms with E-state index in [0.717, 1.165) is 23.2 Å². The van der Waals surface area contributed by atoms with Gasteiger partial charge in [-0.2, -0.15) is 10.4 Å². The molecule has 27 heavy (non-hydrogen) atoms. The zero-order chi connectivity index (χ0) is 18.8. The largest absolute Gasteiger partial charge is 0.438 e. The van der Waals surface area contributed by atoms with E-state index in [1.54, 1.807) is 29.2 Å². The van der Waals surface area contributed by atoms with Crippen molar-refractivity contribution in [2.45, 2.75) is 25.2 Å². The van der Waals surface area contributed by atoms with E-state index >= 15 is 0 Å². The summed E-state index contributed by atoms with van der Waals surface area (Å²) in [6, 6.07) is 9.36. The van der Waals surface area contributed by atoms with Crippen molar-refractivity contribution in [1.82, 2.24) is 19.7 Å². The van der Waals surface area contributed by atoms with E-state index in [2.05, 4.69) is 21.1 Å². The number of benzene rings is 1. The van der Waals surface area contributed by atoms with Gasteiger partial charge in [0.1, 0.15) is 5.75 Å². The molecule has 0 radical (unpaired) electrons. The minimum absolute atomic E-state index is 0.512. The van der Waals surface area contributed by atoms with Gasteiger partial charge in [-0.25, -0.2) is 14.6 Å². The topological polar surface area (TPSA) is 103 Å². The highest BCUT2D eigenvalue weighted by molar-refractivity contribution is 5.66. The van der Waals surface area contributed by atoms with Gasteiger partial charge in [0.05, 0.1) is 22.9 Å². The Morgan fingerprint density at radius 1 is 1.26 bits per heavy atom. The summed E-state index contributed by atoms with van der Waals surface area (Å²) in [4.78, 5) is 8.88. The minimum Gasteiger partial charge on any atom is -0.438 e. The fraction of sp³-hybridized carbons (Fsp3) is 0.300. The van der Waals surface area contributed by atoms with Crippen molar-refractivity contribution in [2.75, 3.05) is 6.54 Å². The van der Waals surface area contributed by atoms with Crippen LogP contribution in [0.4, 0.5) is 0 Å². The molecule has 1 aromatic carbocycles. The first-order valence-electron chi connectivity index (χ1n) is 8.95. The summed E-state index contributed by atoms with van der Waals surface area (Å²) >= 11 is 0. The molecule has 0 bridgehead atoms. The van der Waals surface area contributed by atoms with Gasteiger partial charge in [0, 0.05) is 31.4 Å². The highest BCUT2D eigenvalue weighted by atomic mass is 16.5. The van der Waals surface area contributed by atoms with E-state index in [4.69, 9.17) is 10.5 Å². The standard InChI is InChI=1S/C20H20N6O/c1-26-19(9-17(25-26)15-3-4-15)27-18-8-13(10-22)2-5-16(18)20-23-11-14(6-7-21)12-24-20/h2,5,8-9,11-12,15H,3-4,6-7,21H2,1H3. The molecule has 0 spiro atoms. The quantitative estimate of drug-likeness (QED) is 0.725. The van der Waals surface area contributed by atoms with Gasteiger partial charge < -0.3 is 10.5 Å². The van der Waals surface area contributed by atoms with Crippen LogP contribution in [0.15, 0.2) is 36.7 Å². The maximum atomic E-state index is 9.26. The molecular weight excluding hydrogens is 340 g/mol. The summed E-state index contributed by atoms with van der Waals surface area (Å²) in [6.07, 6.45) is 6.62. The summed E-state index contributed by atoms with van der Waals surface area (Å²) in [5, 5.41) is 13.8. The summed E-state index contributed by atoms with van der Waals surface area (Å²) in [6.45, 7) is 0.553. The van der Waals surface area contributed by atoms with Crippen molar-refractivity contribution < 1.29 is 4.74 Å². The lowest BCUT2D eigenvalue weighted by molar-refractivity contribution is 0.431. The first kappa shape index (κ1) is 17.2. The van der Waals surface area contributed by atoms with E-state index in [1.165, 1.54) is 12.8 Å². The fourth-order valence-corrected chi connectivity index (χ4v) is 2.91. The second-order valence-electron chi connectivity index (χ2n) is 6.68. The Hall–Kier alpha value is -3.24. The van der Waals surface area contributed by atoms with Crippen LogP contribution in [0.25, 0.3) is 11.4 Å². The van der Waals surface area contributed by atoms with Crippen LogP contribution >= 0.6 is 0 Å². The normalized spacial score (nSPS) is 13.4. The number of hydrogen-bond acceptors (Lipinski definition) is 6. The molecule has 1 fully saturated rings. The first-order chi connectivity index (χ1) is 13.2. The maximum Gasteiger partial charge on any atom is 0.217 e. The van der Waals surface area contributed by atoms with Crippen LogP contribution in [0.3, 0.4) is 0 Å². The number of rotatable bonds is 6. The molecule has 1 saturated carbocycles. The summed E-state index contributed by atoms with van der Waals surface area (Å²) in [7, 11) is 1.85. The van der Waals surface area contributed by atoms with Gasteiger partial charge in [0.25, 0.3) is 0 Å². The molecule has 1 aliphatic carbocycles. The smallest absolute Gasteiger partial charge is 0.217 e. The first-order valence-corrected chi connectivity index (χ1v) is 8.95.